The summed E-state index contributed by atoms with van der Waals surface area (Å²) in [6, 6.07) is 4.08. The lowest BCUT2D eigenvalue weighted by molar-refractivity contribution is 1.47. The Morgan fingerprint density at radius 1 is 1.54 bits per heavy atom. The average molecular weight is 277 g/mol. The third kappa shape index (κ3) is 1.45. The first-order chi connectivity index (χ1) is 6.24. The normalized spacial score (nSPS) is 10.9. The van der Waals surface area contributed by atoms with Crippen LogP contribution in [0.5, 0.6) is 0 Å². The van der Waals surface area contributed by atoms with Gasteiger partial charge in [0, 0.05) is 15.4 Å². The zero-order valence-corrected chi connectivity index (χ0v) is 9.84. The van der Waals surface area contributed by atoms with E-state index in [0.29, 0.717) is 10.7 Å². The molecule has 0 aliphatic rings. The average Bonchev–Trinajstić information content (AvgIpc) is 2.59. The fourth-order valence-electron chi connectivity index (χ4n) is 1.25. The first-order valence-corrected chi connectivity index (χ1v) is 6.12. The predicted octanol–water partition coefficient (Wildman–Crippen LogP) is 4.03. The topological polar surface area (TPSA) is 26.0 Å². The van der Waals surface area contributed by atoms with E-state index >= 15 is 0 Å². The number of fused-ring (bicyclic) bond motifs is 1. The van der Waals surface area contributed by atoms with E-state index in [4.69, 9.17) is 17.3 Å². The maximum absolute atomic E-state index is 6.11. The molecule has 1 aromatic carbocycles. The molecule has 0 saturated carbocycles. The highest BCUT2D eigenvalue weighted by Gasteiger charge is 2.08. The van der Waals surface area contributed by atoms with E-state index in [1.54, 1.807) is 11.3 Å². The van der Waals surface area contributed by atoms with Crippen LogP contribution >= 0.6 is 38.9 Å². The Hall–Kier alpha value is -0.250. The van der Waals surface area contributed by atoms with Crippen LogP contribution in [0.25, 0.3) is 10.1 Å². The lowest BCUT2D eigenvalue weighted by atomic mass is 10.1. The van der Waals surface area contributed by atoms with E-state index in [9.17, 15) is 0 Å². The maximum Gasteiger partial charge on any atom is 0.0725 e. The summed E-state index contributed by atoms with van der Waals surface area (Å²) in [5.74, 6) is 0. The van der Waals surface area contributed by atoms with E-state index in [0.717, 1.165) is 16.3 Å². The standard InChI is InChI=1S/C9H7BrClNS/c10-4-5-3-7-6(1-2-13-7)8(11)9(5)12/h1-3H,4,12H2. The molecule has 0 bridgehead atoms. The second kappa shape index (κ2) is 3.48. The third-order valence-electron chi connectivity index (χ3n) is 1.96. The molecule has 0 aliphatic carbocycles. The molecular formula is C9H7BrClNS. The molecule has 2 N–H and O–H groups in total. The molecule has 68 valence electrons. The third-order valence-corrected chi connectivity index (χ3v) is 3.84. The van der Waals surface area contributed by atoms with Crippen LogP contribution < -0.4 is 5.73 Å². The minimum Gasteiger partial charge on any atom is -0.397 e. The quantitative estimate of drug-likeness (QED) is 0.617. The van der Waals surface area contributed by atoms with E-state index in [-0.39, 0.29) is 0 Å². The van der Waals surface area contributed by atoms with Crippen LogP contribution in [0.15, 0.2) is 17.5 Å². The van der Waals surface area contributed by atoms with E-state index in [2.05, 4.69) is 22.0 Å². The van der Waals surface area contributed by atoms with Crippen molar-refractivity contribution in [2.45, 2.75) is 5.33 Å². The second-order valence-corrected chi connectivity index (χ2v) is 4.62. The number of halogens is 2. The van der Waals surface area contributed by atoms with Crippen molar-refractivity contribution in [2.75, 3.05) is 5.73 Å². The molecule has 0 amide bonds. The summed E-state index contributed by atoms with van der Waals surface area (Å²) in [5, 5.41) is 4.49. The Morgan fingerprint density at radius 3 is 3.00 bits per heavy atom. The molecule has 0 saturated heterocycles. The minimum atomic E-state index is 0.674. The van der Waals surface area contributed by atoms with Gasteiger partial charge >= 0.3 is 0 Å². The zero-order chi connectivity index (χ0) is 9.42. The van der Waals surface area contributed by atoms with Gasteiger partial charge in [0.2, 0.25) is 0 Å². The van der Waals surface area contributed by atoms with Gasteiger partial charge in [0.15, 0.2) is 0 Å². The highest BCUT2D eigenvalue weighted by molar-refractivity contribution is 9.08. The number of rotatable bonds is 1. The van der Waals surface area contributed by atoms with Crippen molar-refractivity contribution < 1.29 is 0 Å². The highest BCUT2D eigenvalue weighted by Crippen LogP contribution is 2.35. The molecule has 0 radical (unpaired) electrons. The van der Waals surface area contributed by atoms with Gasteiger partial charge in [-0.1, -0.05) is 27.5 Å². The van der Waals surface area contributed by atoms with Crippen LogP contribution in [0.2, 0.25) is 5.02 Å². The SMILES string of the molecule is Nc1c(CBr)cc2sccc2c1Cl. The van der Waals surface area contributed by atoms with Gasteiger partial charge in [-0.3, -0.25) is 0 Å². The van der Waals surface area contributed by atoms with Crippen molar-refractivity contribution in [3.8, 4) is 0 Å². The fourth-order valence-corrected chi connectivity index (χ4v) is 2.91. The van der Waals surface area contributed by atoms with Crippen molar-refractivity contribution in [3.05, 3.63) is 28.1 Å². The first kappa shape index (κ1) is 9.31. The van der Waals surface area contributed by atoms with Gasteiger partial charge in [-0.05, 0) is 23.1 Å². The van der Waals surface area contributed by atoms with Crippen molar-refractivity contribution in [2.24, 2.45) is 0 Å². The monoisotopic (exact) mass is 275 g/mol. The van der Waals surface area contributed by atoms with Gasteiger partial charge in [-0.2, -0.15) is 0 Å². The number of nitrogens with two attached hydrogens (primary N) is 1. The molecule has 1 heterocycles. The molecule has 1 nitrogen and oxygen atoms in total. The highest BCUT2D eigenvalue weighted by atomic mass is 79.9. The van der Waals surface area contributed by atoms with Gasteiger partial charge in [0.05, 0.1) is 10.7 Å². The summed E-state index contributed by atoms with van der Waals surface area (Å²) in [6.07, 6.45) is 0. The van der Waals surface area contributed by atoms with Crippen LogP contribution in [0.1, 0.15) is 5.56 Å². The molecule has 0 unspecified atom stereocenters. The summed E-state index contributed by atoms with van der Waals surface area (Å²) in [7, 11) is 0. The molecule has 0 atom stereocenters. The Balaban J connectivity index is 2.83. The van der Waals surface area contributed by atoms with Crippen LogP contribution in [0.4, 0.5) is 5.69 Å². The summed E-state index contributed by atoms with van der Waals surface area (Å²) in [4.78, 5) is 0. The molecule has 4 heteroatoms. The summed E-state index contributed by atoms with van der Waals surface area (Å²) in [6.45, 7) is 0. The van der Waals surface area contributed by atoms with Gasteiger partial charge < -0.3 is 5.73 Å². The number of hydrogen-bond donors (Lipinski definition) is 1. The lowest BCUT2D eigenvalue weighted by Gasteiger charge is -2.05. The van der Waals surface area contributed by atoms with E-state index in [1.165, 1.54) is 4.70 Å². The molecule has 0 spiro atoms. The summed E-state index contributed by atoms with van der Waals surface area (Å²) in [5.41, 5.74) is 7.60. The molecule has 0 aliphatic heterocycles. The number of hydrogen-bond acceptors (Lipinski definition) is 2. The largest absolute Gasteiger partial charge is 0.397 e. The number of nitrogen functional groups attached to an aromatic ring is 1. The van der Waals surface area contributed by atoms with Crippen molar-refractivity contribution in [3.63, 3.8) is 0 Å². The minimum absolute atomic E-state index is 0.674. The Labute approximate surface area is 93.6 Å². The van der Waals surface area contributed by atoms with E-state index in [1.807, 2.05) is 11.4 Å². The Kier molecular flexibility index (Phi) is 2.49. The maximum atomic E-state index is 6.11. The van der Waals surface area contributed by atoms with Crippen LogP contribution in [0.3, 0.4) is 0 Å². The fraction of sp³-hybridized carbons (Fsp3) is 0.111. The van der Waals surface area contributed by atoms with Gasteiger partial charge in [-0.25, -0.2) is 0 Å². The van der Waals surface area contributed by atoms with Crippen LogP contribution in [0, 0.1) is 0 Å². The zero-order valence-electron chi connectivity index (χ0n) is 6.68. The van der Waals surface area contributed by atoms with Crippen LogP contribution in [-0.2, 0) is 5.33 Å². The molecule has 13 heavy (non-hydrogen) atoms. The van der Waals surface area contributed by atoms with Gasteiger partial charge in [-0.15, -0.1) is 11.3 Å². The van der Waals surface area contributed by atoms with Crippen molar-refractivity contribution in [1.29, 1.82) is 0 Å². The lowest BCUT2D eigenvalue weighted by Crippen LogP contribution is -1.92. The van der Waals surface area contributed by atoms with Crippen molar-refractivity contribution >= 4 is 54.6 Å². The molecule has 2 aromatic rings. The summed E-state index contributed by atoms with van der Waals surface area (Å²) >= 11 is 11.2. The number of thiophene rings is 1. The molecular weight excluding hydrogens is 270 g/mol. The Bertz CT molecular complexity index is 452. The molecule has 0 fully saturated rings. The van der Waals surface area contributed by atoms with Crippen molar-refractivity contribution in [1.82, 2.24) is 0 Å². The van der Waals surface area contributed by atoms with Gasteiger partial charge in [0.25, 0.3) is 0 Å². The van der Waals surface area contributed by atoms with E-state index < -0.39 is 0 Å². The number of benzene rings is 1. The smallest absolute Gasteiger partial charge is 0.0725 e. The predicted molar refractivity (Wildman–Crippen MR) is 63.9 cm³/mol. The second-order valence-electron chi connectivity index (χ2n) is 2.73. The van der Waals surface area contributed by atoms with Crippen LogP contribution in [-0.4, -0.2) is 0 Å². The molecule has 1 aromatic heterocycles. The first-order valence-electron chi connectivity index (χ1n) is 3.74. The summed E-state index contributed by atoms with van der Waals surface area (Å²) < 4.78 is 1.19. The molecule has 2 rings (SSSR count). The Morgan fingerprint density at radius 2 is 2.31 bits per heavy atom. The van der Waals surface area contributed by atoms with Gasteiger partial charge in [0.1, 0.15) is 0 Å². The number of alkyl halides is 1. The number of anilines is 1.